The summed E-state index contributed by atoms with van der Waals surface area (Å²) in [5.74, 6) is 0.886. The van der Waals surface area contributed by atoms with Crippen molar-refractivity contribution in [2.75, 3.05) is 0 Å². The molecule has 0 spiro atoms. The van der Waals surface area contributed by atoms with Crippen LogP contribution >= 0.6 is 11.5 Å². The summed E-state index contributed by atoms with van der Waals surface area (Å²) in [5.41, 5.74) is 0. The Morgan fingerprint density at radius 1 is 1.75 bits per heavy atom. The Kier molecular flexibility index (Phi) is 2.24. The average Bonchev–Trinajstić information content (AvgIpc) is 2.42. The van der Waals surface area contributed by atoms with Crippen LogP contribution in [0.3, 0.4) is 0 Å². The summed E-state index contributed by atoms with van der Waals surface area (Å²) in [6.07, 6.45) is 5.88. The molecular weight excluding hydrogens is 118 g/mol. The van der Waals surface area contributed by atoms with Crippen molar-refractivity contribution in [2.45, 2.75) is 38.3 Å². The molecule has 1 saturated heterocycles. The van der Waals surface area contributed by atoms with Crippen molar-refractivity contribution in [3.63, 3.8) is 0 Å². The lowest BCUT2D eigenvalue weighted by atomic mass is 9.96. The molecule has 0 radical (unpaired) electrons. The number of halogens is 1. The van der Waals surface area contributed by atoms with Crippen LogP contribution in [0.5, 0.6) is 0 Å². The van der Waals surface area contributed by atoms with Gasteiger partial charge in [0.1, 0.15) is 0 Å². The van der Waals surface area contributed by atoms with Gasteiger partial charge in [0.25, 0.3) is 6.13 Å². The van der Waals surface area contributed by atoms with Crippen molar-refractivity contribution in [1.29, 1.82) is 0 Å². The van der Waals surface area contributed by atoms with Crippen molar-refractivity contribution in [3.05, 3.63) is 0 Å². The van der Waals surface area contributed by atoms with Crippen LogP contribution in [0.1, 0.15) is 26.2 Å². The van der Waals surface area contributed by atoms with Crippen LogP contribution in [0.15, 0.2) is 0 Å². The molecule has 0 aromatic rings. The monoisotopic (exact) mass is 130 g/mol. The van der Waals surface area contributed by atoms with Crippen molar-refractivity contribution < 1.29 is 0 Å². The van der Waals surface area contributed by atoms with E-state index in [9.17, 15) is 0 Å². The van der Waals surface area contributed by atoms with Gasteiger partial charge in [0.2, 0.25) is 0 Å². The predicted molar refractivity (Wildman–Crippen MR) is 39.7 cm³/mol. The molecule has 0 nitrogen and oxygen atoms in total. The topological polar surface area (TPSA) is 0 Å². The number of rotatable bonds is 3. The zero-order chi connectivity index (χ0) is 5.98. The maximum absolute atomic E-state index is 5.79. The highest BCUT2D eigenvalue weighted by Crippen LogP contribution is 2.43. The summed E-state index contributed by atoms with van der Waals surface area (Å²) in [5, 5.41) is 0. The lowest BCUT2D eigenvalue weighted by Crippen LogP contribution is -1.76. The van der Waals surface area contributed by atoms with Gasteiger partial charge in [-0.05, 0) is 0 Å². The van der Waals surface area contributed by atoms with Gasteiger partial charge in [-0.2, -0.15) is 11.5 Å². The van der Waals surface area contributed by atoms with Crippen LogP contribution in [-0.4, -0.2) is 6.13 Å². The molecular formula is C6H12BCl. The molecule has 0 amide bonds. The Morgan fingerprint density at radius 2 is 2.38 bits per heavy atom. The highest BCUT2D eigenvalue weighted by atomic mass is 35.5. The molecule has 1 aliphatic rings. The first-order valence-electron chi connectivity index (χ1n) is 3.48. The minimum absolute atomic E-state index is 0.543. The fraction of sp³-hybridized carbons (Fsp3) is 1.00. The fourth-order valence-corrected chi connectivity index (χ4v) is 1.33. The number of unbranched alkanes of at least 4 members (excludes halogenated alkanes) is 1. The van der Waals surface area contributed by atoms with Gasteiger partial charge in [0, 0.05) is 0 Å². The first-order valence-corrected chi connectivity index (χ1v) is 3.92. The first-order chi connectivity index (χ1) is 3.84. The second kappa shape index (κ2) is 2.77. The van der Waals surface area contributed by atoms with Crippen molar-refractivity contribution in [1.82, 2.24) is 0 Å². The van der Waals surface area contributed by atoms with Gasteiger partial charge in [-0.25, -0.2) is 0 Å². The SMILES string of the molecule is CCCCC1CB1Cl. The number of hydrogen-bond acceptors (Lipinski definition) is 0. The van der Waals surface area contributed by atoms with Crippen LogP contribution in [0.4, 0.5) is 0 Å². The molecule has 0 aromatic heterocycles. The minimum atomic E-state index is 0.543. The minimum Gasteiger partial charge on any atom is -0.195 e. The molecule has 1 unspecified atom stereocenters. The summed E-state index contributed by atoms with van der Waals surface area (Å²) in [7, 11) is 0. The van der Waals surface area contributed by atoms with E-state index in [1.807, 2.05) is 0 Å². The Labute approximate surface area is 56.6 Å². The van der Waals surface area contributed by atoms with Gasteiger partial charge in [0.05, 0.1) is 0 Å². The van der Waals surface area contributed by atoms with Gasteiger partial charge < -0.3 is 0 Å². The second-order valence-corrected chi connectivity index (χ2v) is 3.21. The largest absolute Gasteiger partial charge is 0.252 e. The standard InChI is InChI=1S/C6H12BCl/c1-2-3-4-6-5-7(6)8/h6H,2-5H2,1H3. The normalized spacial score (nSPS) is 26.2. The molecule has 0 N–H and O–H groups in total. The Balaban J connectivity index is 1.89. The van der Waals surface area contributed by atoms with Gasteiger partial charge in [-0.3, -0.25) is 0 Å². The molecule has 0 bridgehead atoms. The molecule has 8 heavy (non-hydrogen) atoms. The second-order valence-electron chi connectivity index (χ2n) is 2.65. The Hall–Kier alpha value is 0.355. The van der Waals surface area contributed by atoms with Gasteiger partial charge in [-0.1, -0.05) is 38.3 Å². The van der Waals surface area contributed by atoms with Crippen molar-refractivity contribution >= 4 is 17.6 Å². The van der Waals surface area contributed by atoms with Gasteiger partial charge in [-0.15, -0.1) is 0 Å². The molecule has 1 heterocycles. The summed E-state index contributed by atoms with van der Waals surface area (Å²) in [6.45, 7) is 2.23. The molecule has 2 heteroatoms. The molecule has 1 fully saturated rings. The van der Waals surface area contributed by atoms with E-state index < -0.39 is 0 Å². The molecule has 46 valence electrons. The molecule has 0 aromatic carbocycles. The van der Waals surface area contributed by atoms with Crippen molar-refractivity contribution in [2.24, 2.45) is 0 Å². The summed E-state index contributed by atoms with van der Waals surface area (Å²) in [4.78, 5) is 0. The molecule has 1 atom stereocenters. The van der Waals surface area contributed by atoms with E-state index >= 15 is 0 Å². The molecule has 0 saturated carbocycles. The quantitative estimate of drug-likeness (QED) is 0.515. The smallest absolute Gasteiger partial charge is 0.195 e. The fourth-order valence-electron chi connectivity index (χ4n) is 0.976. The Bertz CT molecular complexity index is 74.9. The van der Waals surface area contributed by atoms with Crippen LogP contribution < -0.4 is 0 Å². The van der Waals surface area contributed by atoms with Crippen LogP contribution in [0.25, 0.3) is 0 Å². The maximum atomic E-state index is 5.79. The summed E-state index contributed by atoms with van der Waals surface area (Å²) >= 11 is 5.79. The van der Waals surface area contributed by atoms with Crippen molar-refractivity contribution in [3.8, 4) is 0 Å². The maximum Gasteiger partial charge on any atom is 0.252 e. The third-order valence-corrected chi connectivity index (χ3v) is 2.30. The zero-order valence-corrected chi connectivity index (χ0v) is 6.12. The molecule has 0 aliphatic carbocycles. The van der Waals surface area contributed by atoms with E-state index in [1.54, 1.807) is 0 Å². The average molecular weight is 130 g/mol. The van der Waals surface area contributed by atoms with E-state index in [1.165, 1.54) is 25.6 Å². The lowest BCUT2D eigenvalue weighted by Gasteiger charge is -1.90. The van der Waals surface area contributed by atoms with E-state index in [0.29, 0.717) is 6.13 Å². The first kappa shape index (κ1) is 6.47. The highest BCUT2D eigenvalue weighted by molar-refractivity contribution is 7.14. The van der Waals surface area contributed by atoms with E-state index in [0.717, 1.165) is 5.82 Å². The van der Waals surface area contributed by atoms with E-state index in [4.69, 9.17) is 11.5 Å². The summed E-state index contributed by atoms with van der Waals surface area (Å²) < 4.78 is 0. The number of hydrogen-bond donors (Lipinski definition) is 0. The predicted octanol–water partition coefficient (Wildman–Crippen LogP) is 2.79. The van der Waals surface area contributed by atoms with E-state index in [2.05, 4.69) is 6.92 Å². The highest BCUT2D eigenvalue weighted by Gasteiger charge is 2.38. The van der Waals surface area contributed by atoms with Crippen LogP contribution in [-0.2, 0) is 0 Å². The lowest BCUT2D eigenvalue weighted by molar-refractivity contribution is 0.731. The molecule has 1 aliphatic heterocycles. The third-order valence-electron chi connectivity index (χ3n) is 1.76. The van der Waals surface area contributed by atoms with E-state index in [-0.39, 0.29) is 0 Å². The third kappa shape index (κ3) is 1.70. The van der Waals surface area contributed by atoms with Gasteiger partial charge in [0.15, 0.2) is 0 Å². The zero-order valence-electron chi connectivity index (χ0n) is 5.36. The van der Waals surface area contributed by atoms with Crippen LogP contribution in [0, 0.1) is 0 Å². The van der Waals surface area contributed by atoms with Crippen LogP contribution in [0.2, 0.25) is 12.1 Å². The van der Waals surface area contributed by atoms with Gasteiger partial charge >= 0.3 is 0 Å². The Morgan fingerprint density at radius 3 is 2.75 bits per heavy atom. The molecule has 1 rings (SSSR count). The summed E-state index contributed by atoms with van der Waals surface area (Å²) in [6, 6.07) is 0.